The van der Waals surface area contributed by atoms with Gasteiger partial charge < -0.3 is 14.5 Å². The van der Waals surface area contributed by atoms with Crippen LogP contribution in [0.4, 0.5) is 5.69 Å². The lowest BCUT2D eigenvalue weighted by Crippen LogP contribution is -2.38. The van der Waals surface area contributed by atoms with E-state index < -0.39 is 0 Å². The molecule has 2 rings (SSSR count). The lowest BCUT2D eigenvalue weighted by atomic mass is 10.1. The summed E-state index contributed by atoms with van der Waals surface area (Å²) in [7, 11) is 1.60. The van der Waals surface area contributed by atoms with Crippen molar-refractivity contribution < 1.29 is 14.3 Å². The fraction of sp³-hybridized carbons (Fsp3) is 0.556. The molecule has 1 saturated heterocycles. The molecule has 2 amide bonds. The maximum absolute atomic E-state index is 12.7. The maximum Gasteiger partial charge on any atom is 0.228 e. The third kappa shape index (κ3) is 4.03. The van der Waals surface area contributed by atoms with E-state index in [0.717, 1.165) is 25.1 Å². The third-order valence-electron chi connectivity index (χ3n) is 4.31. The minimum absolute atomic E-state index is 0.00291. The zero-order valence-corrected chi connectivity index (χ0v) is 14.2. The number of benzene rings is 1. The molecule has 0 N–H and O–H groups in total. The number of ether oxygens (including phenoxy) is 1. The Kier molecular flexibility index (Phi) is 6.02. The van der Waals surface area contributed by atoms with E-state index in [9.17, 15) is 9.59 Å². The van der Waals surface area contributed by atoms with Gasteiger partial charge in [-0.25, -0.2) is 0 Å². The Labute approximate surface area is 138 Å². The summed E-state index contributed by atoms with van der Waals surface area (Å²) < 4.78 is 5.21. The first-order valence-electron chi connectivity index (χ1n) is 8.33. The highest BCUT2D eigenvalue weighted by Crippen LogP contribution is 2.28. The van der Waals surface area contributed by atoms with Crippen molar-refractivity contribution >= 4 is 17.5 Å². The fourth-order valence-corrected chi connectivity index (χ4v) is 2.93. The second-order valence-corrected chi connectivity index (χ2v) is 5.88. The van der Waals surface area contributed by atoms with E-state index in [1.807, 2.05) is 36.1 Å². The summed E-state index contributed by atoms with van der Waals surface area (Å²) in [6.45, 7) is 6.03. The van der Waals surface area contributed by atoms with Gasteiger partial charge in [0.25, 0.3) is 0 Å². The lowest BCUT2D eigenvalue weighted by molar-refractivity contribution is -0.135. The molecule has 0 radical (unpaired) electrons. The number of carbonyl (C=O) groups excluding carboxylic acids is 2. The van der Waals surface area contributed by atoms with Crippen LogP contribution in [-0.4, -0.2) is 43.5 Å². The Balaban J connectivity index is 2.07. The van der Waals surface area contributed by atoms with Gasteiger partial charge in [-0.2, -0.15) is 0 Å². The minimum atomic E-state index is -0.245. The molecule has 5 nitrogen and oxygen atoms in total. The molecule has 0 saturated carbocycles. The van der Waals surface area contributed by atoms with Gasteiger partial charge in [0, 0.05) is 37.8 Å². The molecule has 1 aromatic carbocycles. The van der Waals surface area contributed by atoms with Gasteiger partial charge in [-0.15, -0.1) is 0 Å². The average molecular weight is 318 g/mol. The molecular weight excluding hydrogens is 292 g/mol. The van der Waals surface area contributed by atoms with Gasteiger partial charge >= 0.3 is 0 Å². The zero-order valence-electron chi connectivity index (χ0n) is 14.2. The molecule has 0 spiro atoms. The van der Waals surface area contributed by atoms with Crippen molar-refractivity contribution in [2.24, 2.45) is 5.92 Å². The van der Waals surface area contributed by atoms with E-state index in [2.05, 4.69) is 6.92 Å². The van der Waals surface area contributed by atoms with Crippen LogP contribution >= 0.6 is 0 Å². The molecule has 1 aliphatic heterocycles. The number of anilines is 1. The average Bonchev–Trinajstić information content (AvgIpc) is 2.97. The standard InChI is InChI=1S/C18H26N2O3/c1-4-6-10-19(5-2)18(22)14-11-17(21)20(13-14)15-8-7-9-16(12-15)23-3/h7-9,12,14H,4-6,10-11,13H2,1-3H3/t14-/m1/s1. The molecule has 1 atom stereocenters. The molecule has 1 heterocycles. The second-order valence-electron chi connectivity index (χ2n) is 5.88. The highest BCUT2D eigenvalue weighted by molar-refractivity contribution is 6.00. The quantitative estimate of drug-likeness (QED) is 0.776. The Morgan fingerprint density at radius 3 is 2.83 bits per heavy atom. The SMILES string of the molecule is CCCCN(CC)C(=O)[C@@H]1CC(=O)N(c2cccc(OC)c2)C1. The fourth-order valence-electron chi connectivity index (χ4n) is 2.93. The highest BCUT2D eigenvalue weighted by atomic mass is 16.5. The van der Waals surface area contributed by atoms with Crippen LogP contribution in [0.15, 0.2) is 24.3 Å². The molecular formula is C18H26N2O3. The number of carbonyl (C=O) groups is 2. The normalized spacial score (nSPS) is 17.4. The van der Waals surface area contributed by atoms with Gasteiger partial charge in [0.1, 0.15) is 5.75 Å². The lowest BCUT2D eigenvalue weighted by Gasteiger charge is -2.24. The first-order valence-corrected chi connectivity index (χ1v) is 8.33. The molecule has 1 aliphatic rings. The first kappa shape index (κ1) is 17.3. The van der Waals surface area contributed by atoms with Crippen LogP contribution in [0.1, 0.15) is 33.1 Å². The van der Waals surface area contributed by atoms with Crippen molar-refractivity contribution in [3.63, 3.8) is 0 Å². The second kappa shape index (κ2) is 7.99. The number of methoxy groups -OCH3 is 1. The van der Waals surface area contributed by atoms with Crippen molar-refractivity contribution in [2.75, 3.05) is 31.6 Å². The zero-order chi connectivity index (χ0) is 16.8. The molecule has 5 heteroatoms. The maximum atomic E-state index is 12.7. The predicted molar refractivity (Wildman–Crippen MR) is 90.6 cm³/mol. The third-order valence-corrected chi connectivity index (χ3v) is 4.31. The summed E-state index contributed by atoms with van der Waals surface area (Å²) in [5.74, 6) is 0.566. The Morgan fingerprint density at radius 1 is 1.39 bits per heavy atom. The van der Waals surface area contributed by atoms with Gasteiger partial charge in [-0.05, 0) is 25.5 Å². The van der Waals surface area contributed by atoms with E-state index in [0.29, 0.717) is 25.3 Å². The summed E-state index contributed by atoms with van der Waals surface area (Å²) in [5, 5.41) is 0. The number of hydrogen-bond donors (Lipinski definition) is 0. The van der Waals surface area contributed by atoms with E-state index in [1.165, 1.54) is 0 Å². The number of unbranched alkanes of at least 4 members (excludes halogenated alkanes) is 1. The van der Waals surface area contributed by atoms with Crippen molar-refractivity contribution in [1.29, 1.82) is 0 Å². The highest BCUT2D eigenvalue weighted by Gasteiger charge is 2.36. The predicted octanol–water partition coefficient (Wildman–Crippen LogP) is 2.70. The topological polar surface area (TPSA) is 49.9 Å². The monoisotopic (exact) mass is 318 g/mol. The van der Waals surface area contributed by atoms with Crippen molar-refractivity contribution in [3.05, 3.63) is 24.3 Å². The molecule has 0 aromatic heterocycles. The Bertz CT molecular complexity index is 559. The largest absolute Gasteiger partial charge is 0.497 e. The minimum Gasteiger partial charge on any atom is -0.497 e. The van der Waals surface area contributed by atoms with Gasteiger partial charge in [0.15, 0.2) is 0 Å². The first-order chi connectivity index (χ1) is 11.1. The van der Waals surface area contributed by atoms with Crippen molar-refractivity contribution in [1.82, 2.24) is 4.90 Å². The van der Waals surface area contributed by atoms with Crippen LogP contribution in [-0.2, 0) is 9.59 Å². The van der Waals surface area contributed by atoms with E-state index in [-0.39, 0.29) is 17.7 Å². The van der Waals surface area contributed by atoms with Crippen LogP contribution in [0.3, 0.4) is 0 Å². The van der Waals surface area contributed by atoms with Gasteiger partial charge in [-0.3, -0.25) is 9.59 Å². The van der Waals surface area contributed by atoms with Gasteiger partial charge in [0.2, 0.25) is 11.8 Å². The van der Waals surface area contributed by atoms with E-state index in [1.54, 1.807) is 12.0 Å². The van der Waals surface area contributed by atoms with Gasteiger partial charge in [-0.1, -0.05) is 19.4 Å². The molecule has 0 unspecified atom stereocenters. The number of amides is 2. The van der Waals surface area contributed by atoms with Crippen LogP contribution in [0.25, 0.3) is 0 Å². The summed E-state index contributed by atoms with van der Waals surface area (Å²) in [5.41, 5.74) is 0.793. The number of nitrogens with zero attached hydrogens (tertiary/aromatic N) is 2. The summed E-state index contributed by atoms with van der Waals surface area (Å²) in [4.78, 5) is 28.5. The van der Waals surface area contributed by atoms with Crippen molar-refractivity contribution in [2.45, 2.75) is 33.1 Å². The van der Waals surface area contributed by atoms with Crippen LogP contribution < -0.4 is 9.64 Å². The van der Waals surface area contributed by atoms with Crippen molar-refractivity contribution in [3.8, 4) is 5.75 Å². The number of hydrogen-bond acceptors (Lipinski definition) is 3. The van der Waals surface area contributed by atoms with E-state index >= 15 is 0 Å². The van der Waals surface area contributed by atoms with Crippen LogP contribution in [0.5, 0.6) is 5.75 Å². The van der Waals surface area contributed by atoms with E-state index in [4.69, 9.17) is 4.74 Å². The summed E-state index contributed by atoms with van der Waals surface area (Å²) >= 11 is 0. The molecule has 0 bridgehead atoms. The Hall–Kier alpha value is -2.04. The summed E-state index contributed by atoms with van der Waals surface area (Å²) in [6.07, 6.45) is 2.35. The Morgan fingerprint density at radius 2 is 2.17 bits per heavy atom. The summed E-state index contributed by atoms with van der Waals surface area (Å²) in [6, 6.07) is 7.41. The molecule has 1 aromatic rings. The molecule has 1 fully saturated rings. The molecule has 126 valence electrons. The van der Waals surface area contributed by atoms with Crippen LogP contribution in [0.2, 0.25) is 0 Å². The van der Waals surface area contributed by atoms with Gasteiger partial charge in [0.05, 0.1) is 13.0 Å². The van der Waals surface area contributed by atoms with Crippen LogP contribution in [0, 0.1) is 5.92 Å². The smallest absolute Gasteiger partial charge is 0.228 e. The molecule has 23 heavy (non-hydrogen) atoms. The number of rotatable bonds is 7. The molecule has 0 aliphatic carbocycles.